The van der Waals surface area contributed by atoms with Crippen LogP contribution in [0.2, 0.25) is 5.02 Å². The summed E-state index contributed by atoms with van der Waals surface area (Å²) in [6.07, 6.45) is 2.74. The van der Waals surface area contributed by atoms with Crippen molar-refractivity contribution in [1.29, 1.82) is 0 Å². The first-order valence-electron chi connectivity index (χ1n) is 6.48. The molecule has 0 heterocycles. The van der Waals surface area contributed by atoms with E-state index in [-0.39, 0.29) is 6.10 Å². The summed E-state index contributed by atoms with van der Waals surface area (Å²) in [5, 5.41) is 3.98. The van der Waals surface area contributed by atoms with Crippen LogP contribution in [0.4, 0.5) is 0 Å². The van der Waals surface area contributed by atoms with Crippen LogP contribution in [-0.4, -0.2) is 19.8 Å². The van der Waals surface area contributed by atoms with Gasteiger partial charge in [0.1, 0.15) is 6.10 Å². The van der Waals surface area contributed by atoms with E-state index >= 15 is 0 Å². The zero-order chi connectivity index (χ0) is 14.3. The fourth-order valence-electron chi connectivity index (χ4n) is 1.67. The van der Waals surface area contributed by atoms with E-state index in [1.165, 1.54) is 0 Å². The van der Waals surface area contributed by atoms with E-state index in [2.05, 4.69) is 18.8 Å². The molecular weight excluding hydrogens is 262 g/mol. The highest BCUT2D eigenvalue weighted by Crippen LogP contribution is 2.35. The number of benzene rings is 1. The summed E-state index contributed by atoms with van der Waals surface area (Å²) in [5.74, 6) is 1.37. The zero-order valence-electron chi connectivity index (χ0n) is 11.8. The van der Waals surface area contributed by atoms with Crippen molar-refractivity contribution in [3.05, 3.63) is 35.4 Å². The average Bonchev–Trinajstić information content (AvgIpc) is 2.41. The molecule has 1 unspecified atom stereocenters. The minimum Gasteiger partial charge on any atom is -0.493 e. The largest absolute Gasteiger partial charge is 0.493 e. The predicted molar refractivity (Wildman–Crippen MR) is 80.3 cm³/mol. The second-order valence-corrected chi connectivity index (χ2v) is 4.77. The maximum Gasteiger partial charge on any atom is 0.166 e. The summed E-state index contributed by atoms with van der Waals surface area (Å²) >= 11 is 6.10. The summed E-state index contributed by atoms with van der Waals surface area (Å²) in [4.78, 5) is 0. The molecule has 1 atom stereocenters. The summed E-state index contributed by atoms with van der Waals surface area (Å²) in [7, 11) is 1.61. The minimum atomic E-state index is -0.0833. The molecule has 1 aromatic carbocycles. The van der Waals surface area contributed by atoms with Crippen molar-refractivity contribution < 1.29 is 9.47 Å². The first kappa shape index (κ1) is 15.9. The molecule has 0 fully saturated rings. The van der Waals surface area contributed by atoms with Crippen LogP contribution in [0.15, 0.2) is 24.8 Å². The molecule has 0 bridgehead atoms. The molecule has 1 N–H and O–H groups in total. The standard InChI is InChI=1S/C15H22ClNO2/c1-5-7-17-10-12-8-13(16)9-14(18-4)15(12)19-11(3)6-2/h6,8-9,11,17H,2,5,7,10H2,1,3-4H3. The van der Waals surface area contributed by atoms with Crippen LogP contribution < -0.4 is 14.8 Å². The van der Waals surface area contributed by atoms with E-state index in [9.17, 15) is 0 Å². The summed E-state index contributed by atoms with van der Waals surface area (Å²) in [6, 6.07) is 3.66. The van der Waals surface area contributed by atoms with Crippen LogP contribution in [0.25, 0.3) is 0 Å². The molecule has 0 spiro atoms. The van der Waals surface area contributed by atoms with Gasteiger partial charge in [-0.15, -0.1) is 0 Å². The molecule has 19 heavy (non-hydrogen) atoms. The lowest BCUT2D eigenvalue weighted by atomic mass is 10.1. The number of nitrogens with one attached hydrogen (secondary N) is 1. The molecule has 0 amide bonds. The van der Waals surface area contributed by atoms with Gasteiger partial charge in [0.2, 0.25) is 0 Å². The Bertz CT molecular complexity index is 421. The minimum absolute atomic E-state index is 0.0833. The second-order valence-electron chi connectivity index (χ2n) is 4.33. The first-order chi connectivity index (χ1) is 9.12. The van der Waals surface area contributed by atoms with Crippen LogP contribution in [0.1, 0.15) is 25.8 Å². The second kappa shape index (κ2) is 8.08. The van der Waals surface area contributed by atoms with Gasteiger partial charge in [-0.3, -0.25) is 0 Å². The molecule has 3 nitrogen and oxygen atoms in total. The van der Waals surface area contributed by atoms with Crippen LogP contribution in [0.3, 0.4) is 0 Å². The van der Waals surface area contributed by atoms with Gasteiger partial charge in [-0.25, -0.2) is 0 Å². The number of hydrogen-bond donors (Lipinski definition) is 1. The third-order valence-electron chi connectivity index (χ3n) is 2.69. The van der Waals surface area contributed by atoms with E-state index in [0.29, 0.717) is 17.3 Å². The highest BCUT2D eigenvalue weighted by molar-refractivity contribution is 6.30. The third kappa shape index (κ3) is 4.77. The van der Waals surface area contributed by atoms with Crippen LogP contribution in [-0.2, 0) is 6.54 Å². The first-order valence-corrected chi connectivity index (χ1v) is 6.86. The number of halogens is 1. The Hall–Kier alpha value is -1.19. The van der Waals surface area contributed by atoms with Crippen molar-refractivity contribution in [3.8, 4) is 11.5 Å². The maximum absolute atomic E-state index is 6.10. The Morgan fingerprint density at radius 1 is 1.47 bits per heavy atom. The molecule has 106 valence electrons. The van der Waals surface area contributed by atoms with Crippen LogP contribution >= 0.6 is 11.6 Å². The van der Waals surface area contributed by atoms with Crippen molar-refractivity contribution in [2.24, 2.45) is 0 Å². The molecule has 0 aliphatic heterocycles. The number of rotatable bonds is 8. The van der Waals surface area contributed by atoms with Gasteiger partial charge in [-0.05, 0) is 26.0 Å². The predicted octanol–water partition coefficient (Wildman–Crippen LogP) is 3.80. The molecule has 0 radical (unpaired) electrons. The Morgan fingerprint density at radius 3 is 2.79 bits per heavy atom. The summed E-state index contributed by atoms with van der Waals surface area (Å²) in [5.41, 5.74) is 0.992. The van der Waals surface area contributed by atoms with E-state index in [4.69, 9.17) is 21.1 Å². The van der Waals surface area contributed by atoms with E-state index in [1.807, 2.05) is 13.0 Å². The number of ether oxygens (including phenoxy) is 2. The highest BCUT2D eigenvalue weighted by Gasteiger charge is 2.14. The molecule has 0 saturated heterocycles. The molecule has 0 aliphatic rings. The van der Waals surface area contributed by atoms with Gasteiger partial charge in [-0.1, -0.05) is 31.2 Å². The topological polar surface area (TPSA) is 30.5 Å². The Kier molecular flexibility index (Phi) is 6.74. The van der Waals surface area contributed by atoms with Gasteiger partial charge >= 0.3 is 0 Å². The molecule has 1 aromatic rings. The molecule has 4 heteroatoms. The molecule has 0 saturated carbocycles. The zero-order valence-corrected chi connectivity index (χ0v) is 12.6. The van der Waals surface area contributed by atoms with Gasteiger partial charge in [0.05, 0.1) is 7.11 Å². The number of hydrogen-bond acceptors (Lipinski definition) is 3. The lowest BCUT2D eigenvalue weighted by Gasteiger charge is -2.18. The quantitative estimate of drug-likeness (QED) is 0.581. The fraction of sp³-hybridized carbons (Fsp3) is 0.467. The smallest absolute Gasteiger partial charge is 0.166 e. The highest BCUT2D eigenvalue weighted by atomic mass is 35.5. The fourth-order valence-corrected chi connectivity index (χ4v) is 1.90. The van der Waals surface area contributed by atoms with Crippen molar-refractivity contribution >= 4 is 11.6 Å². The van der Waals surface area contributed by atoms with E-state index in [0.717, 1.165) is 24.3 Å². The third-order valence-corrected chi connectivity index (χ3v) is 2.91. The van der Waals surface area contributed by atoms with Gasteiger partial charge in [0.25, 0.3) is 0 Å². The molecule has 0 aromatic heterocycles. The van der Waals surface area contributed by atoms with Crippen LogP contribution in [0, 0.1) is 0 Å². The summed E-state index contributed by atoms with van der Waals surface area (Å²) < 4.78 is 11.2. The molecule has 0 aliphatic carbocycles. The van der Waals surface area contributed by atoms with Gasteiger partial charge < -0.3 is 14.8 Å². The van der Waals surface area contributed by atoms with Gasteiger partial charge in [0.15, 0.2) is 11.5 Å². The Labute approximate surface area is 120 Å². The Balaban J connectivity index is 3.02. The van der Waals surface area contributed by atoms with Gasteiger partial charge in [-0.2, -0.15) is 0 Å². The normalized spacial score (nSPS) is 12.0. The lowest BCUT2D eigenvalue weighted by Crippen LogP contribution is -2.16. The van der Waals surface area contributed by atoms with Crippen molar-refractivity contribution in [2.75, 3.05) is 13.7 Å². The van der Waals surface area contributed by atoms with Crippen LogP contribution in [0.5, 0.6) is 11.5 Å². The number of methoxy groups -OCH3 is 1. The van der Waals surface area contributed by atoms with E-state index in [1.54, 1.807) is 19.3 Å². The lowest BCUT2D eigenvalue weighted by molar-refractivity contribution is 0.251. The maximum atomic E-state index is 6.10. The molecule has 1 rings (SSSR count). The SMILES string of the molecule is C=CC(C)Oc1c(CNCCC)cc(Cl)cc1OC. The molecular formula is C15H22ClNO2. The monoisotopic (exact) mass is 283 g/mol. The van der Waals surface area contributed by atoms with Crippen molar-refractivity contribution in [1.82, 2.24) is 5.32 Å². The van der Waals surface area contributed by atoms with E-state index < -0.39 is 0 Å². The van der Waals surface area contributed by atoms with Crippen molar-refractivity contribution in [2.45, 2.75) is 32.9 Å². The van der Waals surface area contributed by atoms with Gasteiger partial charge in [0, 0.05) is 23.2 Å². The average molecular weight is 284 g/mol. The summed E-state index contributed by atoms with van der Waals surface area (Å²) in [6.45, 7) is 9.44. The van der Waals surface area contributed by atoms with Crippen molar-refractivity contribution in [3.63, 3.8) is 0 Å². The Morgan fingerprint density at radius 2 is 2.21 bits per heavy atom.